The standard InChI is InChI=1S/C41H79N3/c1-6-8-10-12-14-15-16-17-18-19-20-21-22-23-28-32-36-41(43-42-38-39-44(4)5)37-33-29-25-24-27-31-35-40(3)34-30-26-13-11-9-7-2/h14-15,17-18,26,30,40,42H,6-13,16,19-25,27-29,31-39H2,1-5H3/b15-14-,18-17-,30-26-,43-41+. The molecule has 0 aromatic carbocycles. The highest BCUT2D eigenvalue weighted by atomic mass is 15.3. The van der Waals surface area contributed by atoms with Crippen LogP contribution in [0.4, 0.5) is 0 Å². The first-order valence-electron chi connectivity index (χ1n) is 19.5. The molecule has 0 aliphatic carbocycles. The molecule has 44 heavy (non-hydrogen) atoms. The molecule has 0 aliphatic rings. The van der Waals surface area contributed by atoms with E-state index in [1.807, 2.05) is 0 Å². The number of unbranched alkanes of at least 4 members (excludes halogenated alkanes) is 17. The summed E-state index contributed by atoms with van der Waals surface area (Å²) in [6.45, 7) is 8.96. The summed E-state index contributed by atoms with van der Waals surface area (Å²) in [5, 5.41) is 4.84. The van der Waals surface area contributed by atoms with Crippen LogP contribution >= 0.6 is 0 Å². The Morgan fingerprint density at radius 2 is 1.07 bits per heavy atom. The zero-order valence-electron chi connectivity index (χ0n) is 30.7. The average Bonchev–Trinajstić information content (AvgIpc) is 3.01. The molecule has 258 valence electrons. The molecular weight excluding hydrogens is 534 g/mol. The number of allylic oxidation sites excluding steroid dienone is 6. The molecule has 0 radical (unpaired) electrons. The number of likely N-dealkylation sites (N-methyl/N-ethyl adjacent to an activating group) is 1. The molecular formula is C41H79N3. The van der Waals surface area contributed by atoms with Gasteiger partial charge in [0.2, 0.25) is 0 Å². The van der Waals surface area contributed by atoms with Gasteiger partial charge in [0, 0.05) is 18.8 Å². The normalized spacial score (nSPS) is 13.4. The van der Waals surface area contributed by atoms with E-state index in [0.717, 1.165) is 25.4 Å². The van der Waals surface area contributed by atoms with Crippen molar-refractivity contribution < 1.29 is 0 Å². The summed E-state index contributed by atoms with van der Waals surface area (Å²) >= 11 is 0. The molecule has 0 aliphatic heterocycles. The molecule has 0 bridgehead atoms. The first-order valence-corrected chi connectivity index (χ1v) is 19.5. The minimum absolute atomic E-state index is 0.843. The second kappa shape index (κ2) is 36.1. The van der Waals surface area contributed by atoms with Crippen LogP contribution in [0.5, 0.6) is 0 Å². The van der Waals surface area contributed by atoms with Crippen LogP contribution in [0.2, 0.25) is 0 Å². The van der Waals surface area contributed by atoms with Crippen molar-refractivity contribution in [3.63, 3.8) is 0 Å². The molecule has 0 aromatic rings. The van der Waals surface area contributed by atoms with Gasteiger partial charge in [-0.3, -0.25) is 0 Å². The van der Waals surface area contributed by atoms with Crippen molar-refractivity contribution in [2.45, 2.75) is 188 Å². The van der Waals surface area contributed by atoms with E-state index in [0.29, 0.717) is 0 Å². The number of nitrogens with zero attached hydrogens (tertiary/aromatic N) is 2. The van der Waals surface area contributed by atoms with Crippen LogP contribution in [0.3, 0.4) is 0 Å². The van der Waals surface area contributed by atoms with Crippen molar-refractivity contribution in [1.29, 1.82) is 0 Å². The highest BCUT2D eigenvalue weighted by molar-refractivity contribution is 5.84. The summed E-state index contributed by atoms with van der Waals surface area (Å²) in [5.74, 6) is 0.843. The van der Waals surface area contributed by atoms with Gasteiger partial charge in [0.1, 0.15) is 0 Å². The highest BCUT2D eigenvalue weighted by Gasteiger charge is 2.03. The van der Waals surface area contributed by atoms with E-state index in [2.05, 4.69) is 81.6 Å². The third-order valence-corrected chi connectivity index (χ3v) is 8.67. The zero-order valence-corrected chi connectivity index (χ0v) is 30.7. The monoisotopic (exact) mass is 614 g/mol. The SMILES string of the molecule is CCCCC/C=C\C/C=C\CCCCCCCC/C(CCCCCCCCC(C)C/C=C\CCCCC)=N\NCCN(C)C. The molecule has 1 unspecified atom stereocenters. The minimum atomic E-state index is 0.843. The third-order valence-electron chi connectivity index (χ3n) is 8.67. The zero-order chi connectivity index (χ0) is 32.2. The largest absolute Gasteiger partial charge is 0.309 e. The minimum Gasteiger partial charge on any atom is -0.309 e. The lowest BCUT2D eigenvalue weighted by atomic mass is 9.98. The van der Waals surface area contributed by atoms with Gasteiger partial charge in [-0.1, -0.05) is 147 Å². The predicted molar refractivity (Wildman–Crippen MR) is 202 cm³/mol. The van der Waals surface area contributed by atoms with Gasteiger partial charge in [-0.2, -0.15) is 5.10 Å². The first-order chi connectivity index (χ1) is 21.6. The molecule has 3 heteroatoms. The van der Waals surface area contributed by atoms with Gasteiger partial charge in [0.05, 0.1) is 0 Å². The Morgan fingerprint density at radius 1 is 0.591 bits per heavy atom. The maximum atomic E-state index is 4.84. The van der Waals surface area contributed by atoms with Crippen LogP contribution in [-0.4, -0.2) is 37.8 Å². The molecule has 0 amide bonds. The van der Waals surface area contributed by atoms with Crippen molar-refractivity contribution in [1.82, 2.24) is 10.3 Å². The summed E-state index contributed by atoms with van der Waals surface area (Å²) in [7, 11) is 4.26. The fourth-order valence-corrected chi connectivity index (χ4v) is 5.60. The topological polar surface area (TPSA) is 27.6 Å². The van der Waals surface area contributed by atoms with Crippen LogP contribution in [0, 0.1) is 5.92 Å². The predicted octanol–water partition coefficient (Wildman–Crippen LogP) is 13.0. The maximum absolute atomic E-state index is 4.84. The summed E-state index contributed by atoms with van der Waals surface area (Å²) in [4.78, 5) is 2.22. The smallest absolute Gasteiger partial charge is 0.0456 e. The second-order valence-corrected chi connectivity index (χ2v) is 13.7. The lowest BCUT2D eigenvalue weighted by Gasteiger charge is -2.11. The first kappa shape index (κ1) is 42.6. The summed E-state index contributed by atoms with van der Waals surface area (Å²) in [6.07, 6.45) is 48.6. The fourth-order valence-electron chi connectivity index (χ4n) is 5.60. The van der Waals surface area contributed by atoms with E-state index in [1.54, 1.807) is 0 Å². The molecule has 1 atom stereocenters. The van der Waals surface area contributed by atoms with E-state index in [9.17, 15) is 0 Å². The number of hydrogen-bond donors (Lipinski definition) is 1. The average molecular weight is 614 g/mol. The Hall–Kier alpha value is -1.35. The van der Waals surface area contributed by atoms with E-state index >= 15 is 0 Å². The summed E-state index contributed by atoms with van der Waals surface area (Å²) in [6, 6.07) is 0. The van der Waals surface area contributed by atoms with Crippen molar-refractivity contribution in [2.75, 3.05) is 27.2 Å². The molecule has 0 spiro atoms. The lowest BCUT2D eigenvalue weighted by molar-refractivity contribution is 0.402. The Balaban J connectivity index is 3.92. The fraction of sp³-hybridized carbons (Fsp3) is 0.829. The van der Waals surface area contributed by atoms with E-state index in [1.165, 1.54) is 166 Å². The van der Waals surface area contributed by atoms with Gasteiger partial charge in [0.25, 0.3) is 0 Å². The van der Waals surface area contributed by atoms with Crippen LogP contribution in [-0.2, 0) is 0 Å². The van der Waals surface area contributed by atoms with Crippen LogP contribution in [0.1, 0.15) is 188 Å². The molecule has 0 aromatic heterocycles. The van der Waals surface area contributed by atoms with E-state index < -0.39 is 0 Å². The van der Waals surface area contributed by atoms with Gasteiger partial charge in [-0.15, -0.1) is 0 Å². The lowest BCUT2D eigenvalue weighted by Crippen LogP contribution is -2.24. The van der Waals surface area contributed by atoms with Crippen LogP contribution in [0.15, 0.2) is 41.6 Å². The highest BCUT2D eigenvalue weighted by Crippen LogP contribution is 2.17. The van der Waals surface area contributed by atoms with Gasteiger partial charge in [0.15, 0.2) is 0 Å². The molecule has 0 saturated heterocycles. The van der Waals surface area contributed by atoms with Crippen molar-refractivity contribution in [3.8, 4) is 0 Å². The van der Waals surface area contributed by atoms with Crippen molar-refractivity contribution >= 4 is 5.71 Å². The Bertz CT molecular complexity index is 675. The summed E-state index contributed by atoms with van der Waals surface area (Å²) in [5.41, 5.74) is 4.77. The van der Waals surface area contributed by atoms with Crippen LogP contribution < -0.4 is 5.43 Å². The Kier molecular flexibility index (Phi) is 35.0. The van der Waals surface area contributed by atoms with Gasteiger partial charge < -0.3 is 10.3 Å². The molecule has 3 nitrogen and oxygen atoms in total. The van der Waals surface area contributed by atoms with E-state index in [-0.39, 0.29) is 0 Å². The van der Waals surface area contributed by atoms with Gasteiger partial charge in [-0.25, -0.2) is 0 Å². The Morgan fingerprint density at radius 3 is 1.61 bits per heavy atom. The molecule has 0 rings (SSSR count). The third kappa shape index (κ3) is 35.1. The maximum Gasteiger partial charge on any atom is 0.0456 e. The second-order valence-electron chi connectivity index (χ2n) is 13.7. The molecule has 0 heterocycles. The number of rotatable bonds is 34. The quantitative estimate of drug-likeness (QED) is 0.0338. The molecule has 0 fully saturated rings. The molecule has 0 saturated carbocycles. The number of nitrogens with one attached hydrogen (secondary N) is 1. The van der Waals surface area contributed by atoms with Gasteiger partial charge >= 0.3 is 0 Å². The van der Waals surface area contributed by atoms with E-state index in [4.69, 9.17) is 5.10 Å². The number of hydrazone groups is 1. The van der Waals surface area contributed by atoms with Crippen molar-refractivity contribution in [3.05, 3.63) is 36.5 Å². The summed E-state index contributed by atoms with van der Waals surface area (Å²) < 4.78 is 0. The van der Waals surface area contributed by atoms with Crippen molar-refractivity contribution in [2.24, 2.45) is 11.0 Å². The Labute approximate surface area is 277 Å². The van der Waals surface area contributed by atoms with Gasteiger partial charge in [-0.05, 0) is 97.1 Å². The molecule has 1 N–H and O–H groups in total. The van der Waals surface area contributed by atoms with Crippen LogP contribution in [0.25, 0.3) is 0 Å². The number of hydrogen-bond acceptors (Lipinski definition) is 3.